The lowest BCUT2D eigenvalue weighted by atomic mass is 10.2. The Morgan fingerprint density at radius 3 is 2.75 bits per heavy atom. The molecule has 0 unspecified atom stereocenters. The van der Waals surface area contributed by atoms with Gasteiger partial charge >= 0.3 is 0 Å². The predicted molar refractivity (Wildman–Crippen MR) is 86.8 cm³/mol. The molecule has 1 saturated heterocycles. The Hall–Kier alpha value is -2.92. The van der Waals surface area contributed by atoms with Crippen molar-refractivity contribution in [3.05, 3.63) is 40.1 Å². The average Bonchev–Trinajstić information content (AvgIpc) is 3.06. The van der Waals surface area contributed by atoms with Crippen LogP contribution in [0.5, 0.6) is 0 Å². The molecule has 3 rings (SSSR count). The Kier molecular flexibility index (Phi) is 4.44. The van der Waals surface area contributed by atoms with E-state index in [9.17, 15) is 15.4 Å². The Balaban J connectivity index is 1.95. The molecular weight excluding hydrogens is 310 g/mol. The van der Waals surface area contributed by atoms with Crippen molar-refractivity contribution >= 4 is 11.6 Å². The molecule has 0 amide bonds. The van der Waals surface area contributed by atoms with Gasteiger partial charge in [-0.15, -0.1) is 0 Å². The fraction of sp³-hybridized carbons (Fsp3) is 0.375. The Bertz CT molecular complexity index is 787. The summed E-state index contributed by atoms with van der Waals surface area (Å²) in [6.07, 6.45) is 0. The van der Waals surface area contributed by atoms with Gasteiger partial charge in [-0.3, -0.25) is 10.1 Å². The number of oxazole rings is 1. The van der Waals surface area contributed by atoms with Crippen LogP contribution < -0.4 is 9.80 Å². The topological polar surface area (TPSA) is 101 Å². The second-order valence-corrected chi connectivity index (χ2v) is 5.65. The molecule has 0 atom stereocenters. The standard InChI is InChI=1S/C16H17N5O3/c1-2-19-7-9-20(10-8-19)16-13(11-17)18-15(24-16)12-5-3-4-6-14(12)21(22)23/h3-6H,2,7-10H2,1H3/p+1. The Morgan fingerprint density at radius 2 is 2.12 bits per heavy atom. The molecule has 1 aliphatic rings. The third-order valence-corrected chi connectivity index (χ3v) is 4.30. The van der Waals surface area contributed by atoms with Gasteiger partial charge in [0.15, 0.2) is 0 Å². The summed E-state index contributed by atoms with van der Waals surface area (Å²) < 4.78 is 5.77. The number of quaternary nitrogens is 1. The number of nitro benzene ring substituents is 1. The largest absolute Gasteiger partial charge is 0.419 e. The van der Waals surface area contributed by atoms with Gasteiger partial charge < -0.3 is 14.2 Å². The summed E-state index contributed by atoms with van der Waals surface area (Å²) in [6.45, 7) is 6.67. The number of aromatic nitrogens is 1. The van der Waals surface area contributed by atoms with E-state index < -0.39 is 4.92 Å². The Morgan fingerprint density at radius 1 is 1.42 bits per heavy atom. The number of nitrogens with one attached hydrogen (secondary N) is 1. The first-order valence-corrected chi connectivity index (χ1v) is 7.87. The van der Waals surface area contributed by atoms with Crippen LogP contribution in [-0.4, -0.2) is 42.6 Å². The van der Waals surface area contributed by atoms with Crippen molar-refractivity contribution in [3.8, 4) is 17.5 Å². The molecule has 1 N–H and O–H groups in total. The number of anilines is 1. The number of benzene rings is 1. The second-order valence-electron chi connectivity index (χ2n) is 5.65. The molecule has 2 heterocycles. The average molecular weight is 328 g/mol. The second kappa shape index (κ2) is 6.68. The molecule has 124 valence electrons. The van der Waals surface area contributed by atoms with Gasteiger partial charge in [-0.2, -0.15) is 10.2 Å². The molecule has 0 radical (unpaired) electrons. The summed E-state index contributed by atoms with van der Waals surface area (Å²) in [5.41, 5.74) is 0.362. The summed E-state index contributed by atoms with van der Waals surface area (Å²) in [6, 6.07) is 8.28. The fourth-order valence-electron chi connectivity index (χ4n) is 2.91. The van der Waals surface area contributed by atoms with Crippen LogP contribution in [0, 0.1) is 21.4 Å². The first-order chi connectivity index (χ1) is 11.6. The number of hydrogen-bond donors (Lipinski definition) is 1. The van der Waals surface area contributed by atoms with Gasteiger partial charge in [0.05, 0.1) is 37.6 Å². The van der Waals surface area contributed by atoms with Crippen LogP contribution in [0.4, 0.5) is 11.6 Å². The maximum Gasteiger partial charge on any atom is 0.282 e. The van der Waals surface area contributed by atoms with E-state index in [0.717, 1.165) is 32.7 Å². The number of nitro groups is 1. The van der Waals surface area contributed by atoms with E-state index in [-0.39, 0.29) is 22.8 Å². The number of para-hydroxylation sites is 1. The lowest BCUT2D eigenvalue weighted by molar-refractivity contribution is -0.898. The van der Waals surface area contributed by atoms with Crippen LogP contribution in [0.15, 0.2) is 28.7 Å². The van der Waals surface area contributed by atoms with Crippen molar-refractivity contribution in [2.45, 2.75) is 6.92 Å². The van der Waals surface area contributed by atoms with Crippen molar-refractivity contribution in [1.82, 2.24) is 4.98 Å². The molecule has 1 aliphatic heterocycles. The minimum Gasteiger partial charge on any atom is -0.419 e. The maximum absolute atomic E-state index is 11.2. The van der Waals surface area contributed by atoms with E-state index in [1.165, 1.54) is 11.0 Å². The van der Waals surface area contributed by atoms with Crippen LogP contribution in [0.25, 0.3) is 11.5 Å². The number of rotatable bonds is 4. The van der Waals surface area contributed by atoms with Gasteiger partial charge in [0.1, 0.15) is 11.6 Å². The van der Waals surface area contributed by atoms with Crippen molar-refractivity contribution in [3.63, 3.8) is 0 Å². The molecule has 0 aliphatic carbocycles. The van der Waals surface area contributed by atoms with Crippen molar-refractivity contribution in [2.75, 3.05) is 37.6 Å². The van der Waals surface area contributed by atoms with E-state index in [1.54, 1.807) is 18.2 Å². The minimum absolute atomic E-state index is 0.0879. The lowest BCUT2D eigenvalue weighted by Gasteiger charge is -2.31. The number of nitrogens with zero attached hydrogens (tertiary/aromatic N) is 4. The van der Waals surface area contributed by atoms with Crippen molar-refractivity contribution in [2.24, 2.45) is 0 Å². The molecule has 24 heavy (non-hydrogen) atoms. The SMILES string of the molecule is CC[NH+]1CCN(c2oc(-c3ccccc3[N+](=O)[O-])nc2C#N)CC1. The predicted octanol–water partition coefficient (Wildman–Crippen LogP) is 0.846. The molecule has 0 saturated carbocycles. The van der Waals surface area contributed by atoms with Crippen molar-refractivity contribution in [1.29, 1.82) is 5.26 Å². The molecule has 8 heteroatoms. The molecule has 1 fully saturated rings. The number of likely N-dealkylation sites (N-methyl/N-ethyl adjacent to an activating group) is 1. The van der Waals surface area contributed by atoms with Gasteiger partial charge in [-0.25, -0.2) is 0 Å². The zero-order valence-corrected chi connectivity index (χ0v) is 13.4. The van der Waals surface area contributed by atoms with Gasteiger partial charge in [-0.1, -0.05) is 12.1 Å². The van der Waals surface area contributed by atoms with Crippen LogP contribution >= 0.6 is 0 Å². The summed E-state index contributed by atoms with van der Waals surface area (Å²) in [5.74, 6) is 0.514. The van der Waals surface area contributed by atoms with Crippen LogP contribution in [-0.2, 0) is 0 Å². The third-order valence-electron chi connectivity index (χ3n) is 4.30. The smallest absolute Gasteiger partial charge is 0.282 e. The summed E-state index contributed by atoms with van der Waals surface area (Å²) in [7, 11) is 0. The third kappa shape index (κ3) is 2.94. The van der Waals surface area contributed by atoms with Gasteiger partial charge in [0.2, 0.25) is 17.5 Å². The molecule has 0 bridgehead atoms. The highest BCUT2D eigenvalue weighted by molar-refractivity contribution is 5.68. The summed E-state index contributed by atoms with van der Waals surface area (Å²) in [4.78, 5) is 18.4. The zero-order chi connectivity index (χ0) is 17.1. The van der Waals surface area contributed by atoms with Crippen LogP contribution in [0.3, 0.4) is 0 Å². The highest BCUT2D eigenvalue weighted by Gasteiger charge is 2.27. The number of hydrogen-bond acceptors (Lipinski definition) is 6. The van der Waals surface area contributed by atoms with E-state index in [0.29, 0.717) is 5.88 Å². The quantitative estimate of drug-likeness (QED) is 0.659. The number of piperazine rings is 1. The van der Waals surface area contributed by atoms with Gasteiger partial charge in [-0.05, 0) is 13.0 Å². The van der Waals surface area contributed by atoms with E-state index in [1.807, 2.05) is 11.0 Å². The molecule has 8 nitrogen and oxygen atoms in total. The normalized spacial score (nSPS) is 15.2. The molecular formula is C16H18N5O3+. The van der Waals surface area contributed by atoms with Crippen LogP contribution in [0.1, 0.15) is 12.6 Å². The fourth-order valence-corrected chi connectivity index (χ4v) is 2.91. The minimum atomic E-state index is -0.478. The first kappa shape index (κ1) is 16.0. The van der Waals surface area contributed by atoms with E-state index in [2.05, 4.69) is 11.9 Å². The first-order valence-electron chi connectivity index (χ1n) is 7.87. The van der Waals surface area contributed by atoms with Crippen LogP contribution in [0.2, 0.25) is 0 Å². The molecule has 2 aromatic rings. The Labute approximate surface area is 139 Å². The lowest BCUT2D eigenvalue weighted by Crippen LogP contribution is -3.14. The van der Waals surface area contributed by atoms with Gasteiger partial charge in [0.25, 0.3) is 5.69 Å². The molecule has 0 spiro atoms. The molecule has 1 aromatic carbocycles. The van der Waals surface area contributed by atoms with Gasteiger partial charge in [0, 0.05) is 6.07 Å². The maximum atomic E-state index is 11.2. The zero-order valence-electron chi connectivity index (χ0n) is 13.4. The van der Waals surface area contributed by atoms with E-state index >= 15 is 0 Å². The number of nitriles is 1. The molecule has 1 aromatic heterocycles. The highest BCUT2D eigenvalue weighted by Crippen LogP contribution is 2.33. The summed E-state index contributed by atoms with van der Waals surface area (Å²) in [5, 5.41) is 20.5. The monoisotopic (exact) mass is 328 g/mol. The highest BCUT2D eigenvalue weighted by atomic mass is 16.6. The van der Waals surface area contributed by atoms with Crippen molar-refractivity contribution < 1.29 is 14.2 Å². The van der Waals surface area contributed by atoms with E-state index in [4.69, 9.17) is 4.42 Å². The summed E-state index contributed by atoms with van der Waals surface area (Å²) >= 11 is 0.